The Hall–Kier alpha value is -3.24. The van der Waals surface area contributed by atoms with Crippen LogP contribution in [-0.2, 0) is 4.79 Å². The van der Waals surface area contributed by atoms with Gasteiger partial charge in [0.1, 0.15) is 0 Å². The molecule has 0 aliphatic carbocycles. The number of hydrogen-bond donors (Lipinski definition) is 2. The summed E-state index contributed by atoms with van der Waals surface area (Å²) in [6.45, 7) is -0.179. The second-order valence-corrected chi connectivity index (χ2v) is 5.85. The number of nitrogens with one attached hydrogen (secondary N) is 1. The fourth-order valence-corrected chi connectivity index (χ4v) is 2.66. The molecule has 4 heteroatoms. The molecule has 0 saturated heterocycles. The number of amides is 1. The number of aromatic nitrogens is 1. The Morgan fingerprint density at radius 3 is 2.58 bits per heavy atom. The average molecular weight is 344 g/mol. The Kier molecular flexibility index (Phi) is 5.91. The fraction of sp³-hybridized carbons (Fsp3) is 0.0909. The molecular weight excluding hydrogens is 324 g/mol. The van der Waals surface area contributed by atoms with Gasteiger partial charge in [0, 0.05) is 18.5 Å². The normalized spacial score (nSPS) is 12.0. The summed E-state index contributed by atoms with van der Waals surface area (Å²) in [7, 11) is 0. The van der Waals surface area contributed by atoms with Crippen LogP contribution >= 0.6 is 0 Å². The molecule has 2 aromatic carbocycles. The Labute approximate surface area is 152 Å². The standard InChI is InChI=1S/C22H20N2O2/c25-16-21(24-22(26)12-11-17-6-2-1-3-7-17)19-9-4-8-18(14-19)20-10-5-13-23-15-20/h1-15,21,25H,16H2,(H,24,26)/b12-11-. The molecule has 3 aromatic rings. The van der Waals surface area contributed by atoms with Gasteiger partial charge in [0.15, 0.2) is 0 Å². The summed E-state index contributed by atoms with van der Waals surface area (Å²) in [6, 6.07) is 20.7. The molecule has 0 aliphatic rings. The topological polar surface area (TPSA) is 62.2 Å². The van der Waals surface area contributed by atoms with E-state index in [2.05, 4.69) is 10.3 Å². The van der Waals surface area contributed by atoms with E-state index in [1.165, 1.54) is 6.08 Å². The highest BCUT2D eigenvalue weighted by Crippen LogP contribution is 2.22. The number of aliphatic hydroxyl groups excluding tert-OH is 1. The van der Waals surface area contributed by atoms with Gasteiger partial charge in [0.2, 0.25) is 5.91 Å². The molecule has 1 aromatic heterocycles. The van der Waals surface area contributed by atoms with Crippen molar-refractivity contribution in [3.63, 3.8) is 0 Å². The molecule has 0 saturated carbocycles. The van der Waals surface area contributed by atoms with Crippen LogP contribution in [0.2, 0.25) is 0 Å². The molecule has 0 bridgehead atoms. The van der Waals surface area contributed by atoms with Crippen molar-refractivity contribution >= 4 is 12.0 Å². The molecule has 0 fully saturated rings. The predicted octanol–water partition coefficient (Wildman–Crippen LogP) is 3.61. The predicted molar refractivity (Wildman–Crippen MR) is 103 cm³/mol. The highest BCUT2D eigenvalue weighted by Gasteiger charge is 2.13. The van der Waals surface area contributed by atoms with E-state index >= 15 is 0 Å². The number of nitrogens with zero attached hydrogens (tertiary/aromatic N) is 1. The van der Waals surface area contributed by atoms with Crippen LogP contribution in [0.4, 0.5) is 0 Å². The maximum Gasteiger partial charge on any atom is 0.244 e. The van der Waals surface area contributed by atoms with E-state index in [4.69, 9.17) is 0 Å². The van der Waals surface area contributed by atoms with E-state index in [1.807, 2.05) is 66.7 Å². The zero-order valence-electron chi connectivity index (χ0n) is 14.2. The second-order valence-electron chi connectivity index (χ2n) is 5.85. The maximum absolute atomic E-state index is 12.2. The minimum Gasteiger partial charge on any atom is -0.394 e. The molecule has 1 heterocycles. The van der Waals surface area contributed by atoms with Crippen LogP contribution in [0.25, 0.3) is 17.2 Å². The first-order valence-corrected chi connectivity index (χ1v) is 8.41. The molecule has 1 unspecified atom stereocenters. The van der Waals surface area contributed by atoms with Gasteiger partial charge >= 0.3 is 0 Å². The van der Waals surface area contributed by atoms with Gasteiger partial charge in [0.05, 0.1) is 12.6 Å². The van der Waals surface area contributed by atoms with Gasteiger partial charge in [-0.25, -0.2) is 0 Å². The lowest BCUT2D eigenvalue weighted by atomic mass is 10.0. The Balaban J connectivity index is 1.73. The van der Waals surface area contributed by atoms with E-state index in [-0.39, 0.29) is 12.5 Å². The third-order valence-electron chi connectivity index (χ3n) is 4.01. The van der Waals surface area contributed by atoms with E-state index in [9.17, 15) is 9.90 Å². The van der Waals surface area contributed by atoms with Gasteiger partial charge in [-0.15, -0.1) is 0 Å². The molecule has 0 aliphatic heterocycles. The molecule has 130 valence electrons. The minimum absolute atomic E-state index is 0.179. The van der Waals surface area contributed by atoms with Crippen LogP contribution in [0.1, 0.15) is 17.2 Å². The van der Waals surface area contributed by atoms with Crippen molar-refractivity contribution in [2.75, 3.05) is 6.61 Å². The summed E-state index contributed by atoms with van der Waals surface area (Å²) in [5.74, 6) is -0.250. The molecule has 26 heavy (non-hydrogen) atoms. The fourth-order valence-electron chi connectivity index (χ4n) is 2.66. The minimum atomic E-state index is -0.473. The van der Waals surface area contributed by atoms with E-state index in [0.717, 1.165) is 22.3 Å². The Morgan fingerprint density at radius 1 is 1.04 bits per heavy atom. The van der Waals surface area contributed by atoms with Crippen LogP contribution in [0.3, 0.4) is 0 Å². The molecule has 3 rings (SSSR count). The largest absolute Gasteiger partial charge is 0.394 e. The summed E-state index contributed by atoms with van der Waals surface area (Å²) in [6.07, 6.45) is 6.73. The summed E-state index contributed by atoms with van der Waals surface area (Å²) >= 11 is 0. The van der Waals surface area contributed by atoms with Crippen LogP contribution in [-0.4, -0.2) is 22.6 Å². The first-order valence-electron chi connectivity index (χ1n) is 8.41. The lowest BCUT2D eigenvalue weighted by molar-refractivity contribution is -0.117. The highest BCUT2D eigenvalue weighted by molar-refractivity contribution is 5.92. The Morgan fingerprint density at radius 2 is 1.85 bits per heavy atom. The van der Waals surface area contributed by atoms with Gasteiger partial charge in [-0.3, -0.25) is 9.78 Å². The monoisotopic (exact) mass is 344 g/mol. The van der Waals surface area contributed by atoms with Crippen LogP contribution in [0.5, 0.6) is 0 Å². The summed E-state index contributed by atoms with van der Waals surface area (Å²) in [5.41, 5.74) is 3.77. The number of benzene rings is 2. The smallest absolute Gasteiger partial charge is 0.244 e. The lowest BCUT2D eigenvalue weighted by Gasteiger charge is -2.16. The zero-order valence-corrected chi connectivity index (χ0v) is 14.2. The summed E-state index contributed by atoms with van der Waals surface area (Å²) < 4.78 is 0. The van der Waals surface area contributed by atoms with Crippen molar-refractivity contribution in [2.45, 2.75) is 6.04 Å². The van der Waals surface area contributed by atoms with Crippen molar-refractivity contribution in [1.82, 2.24) is 10.3 Å². The summed E-state index contributed by atoms with van der Waals surface area (Å²) in [5, 5.41) is 12.6. The maximum atomic E-state index is 12.2. The number of aliphatic hydroxyl groups is 1. The van der Waals surface area contributed by atoms with Crippen molar-refractivity contribution in [3.8, 4) is 11.1 Å². The highest BCUT2D eigenvalue weighted by atomic mass is 16.3. The third-order valence-corrected chi connectivity index (χ3v) is 4.01. The molecule has 0 radical (unpaired) electrons. The van der Waals surface area contributed by atoms with Gasteiger partial charge in [0.25, 0.3) is 0 Å². The number of carbonyl (C=O) groups excluding carboxylic acids is 1. The lowest BCUT2D eigenvalue weighted by Crippen LogP contribution is -2.29. The van der Waals surface area contributed by atoms with Gasteiger partial charge < -0.3 is 10.4 Å². The average Bonchev–Trinajstić information content (AvgIpc) is 2.72. The number of pyridine rings is 1. The van der Waals surface area contributed by atoms with Crippen molar-refractivity contribution in [3.05, 3.63) is 96.3 Å². The molecule has 2 N–H and O–H groups in total. The first-order chi connectivity index (χ1) is 12.8. The first kappa shape index (κ1) is 17.6. The van der Waals surface area contributed by atoms with E-state index < -0.39 is 6.04 Å². The molecular formula is C22H20N2O2. The SMILES string of the molecule is O=C(/C=C\c1ccccc1)NC(CO)c1cccc(-c2cccnc2)c1. The van der Waals surface area contributed by atoms with Gasteiger partial charge in [-0.1, -0.05) is 54.6 Å². The van der Waals surface area contributed by atoms with Gasteiger partial charge in [-0.05, 0) is 40.5 Å². The third kappa shape index (κ3) is 4.65. The molecule has 0 spiro atoms. The van der Waals surface area contributed by atoms with Crippen molar-refractivity contribution < 1.29 is 9.90 Å². The molecule has 4 nitrogen and oxygen atoms in total. The number of rotatable bonds is 6. The summed E-state index contributed by atoms with van der Waals surface area (Å²) in [4.78, 5) is 16.3. The van der Waals surface area contributed by atoms with Crippen molar-refractivity contribution in [2.24, 2.45) is 0 Å². The van der Waals surface area contributed by atoms with Crippen LogP contribution in [0, 0.1) is 0 Å². The number of carbonyl (C=O) groups is 1. The molecule has 1 amide bonds. The van der Waals surface area contributed by atoms with Crippen molar-refractivity contribution in [1.29, 1.82) is 0 Å². The van der Waals surface area contributed by atoms with Crippen LogP contribution in [0.15, 0.2) is 85.2 Å². The van der Waals surface area contributed by atoms with E-state index in [1.54, 1.807) is 18.5 Å². The van der Waals surface area contributed by atoms with Gasteiger partial charge in [-0.2, -0.15) is 0 Å². The quantitative estimate of drug-likeness (QED) is 0.672. The Bertz CT molecular complexity index is 877. The van der Waals surface area contributed by atoms with E-state index in [0.29, 0.717) is 0 Å². The zero-order chi connectivity index (χ0) is 18.2. The molecule has 1 atom stereocenters. The number of hydrogen-bond acceptors (Lipinski definition) is 3. The second kappa shape index (κ2) is 8.74. The van der Waals surface area contributed by atoms with Crippen LogP contribution < -0.4 is 5.32 Å².